The molecule has 2 atom stereocenters. The van der Waals surface area contributed by atoms with Crippen molar-refractivity contribution >= 4 is 0 Å². The first-order valence-corrected chi connectivity index (χ1v) is 4.17. The molecule has 10 heavy (non-hydrogen) atoms. The molecule has 1 aliphatic rings. The largest absolute Gasteiger partial charge is 0.316 e. The van der Waals surface area contributed by atoms with Gasteiger partial charge in [-0.3, -0.25) is 0 Å². The fraction of sp³-hybridized carbons (Fsp3) is 1.00. The Kier molecular flexibility index (Phi) is 3.13. The highest BCUT2D eigenvalue weighted by molar-refractivity contribution is 4.73. The van der Waals surface area contributed by atoms with Gasteiger partial charge in [0.2, 0.25) is 0 Å². The van der Waals surface area contributed by atoms with E-state index < -0.39 is 6.17 Å². The molecule has 60 valence electrons. The number of hydrogen-bond donors (Lipinski definition) is 1. The van der Waals surface area contributed by atoms with Crippen molar-refractivity contribution in [3.63, 3.8) is 0 Å². The van der Waals surface area contributed by atoms with Gasteiger partial charge in [-0.1, -0.05) is 6.92 Å². The third kappa shape index (κ3) is 2.25. The average Bonchev–Trinajstić information content (AvgIpc) is 2.40. The van der Waals surface area contributed by atoms with Crippen LogP contribution in [0.1, 0.15) is 26.2 Å². The van der Waals surface area contributed by atoms with Crippen molar-refractivity contribution in [2.75, 3.05) is 13.1 Å². The molecular weight excluding hydrogens is 129 g/mol. The Balaban J connectivity index is 2.11. The second-order valence-electron chi connectivity index (χ2n) is 3.10. The molecule has 1 nitrogen and oxygen atoms in total. The normalized spacial score (nSPS) is 28.8. The first-order valence-electron chi connectivity index (χ1n) is 4.17. The number of hydrogen-bond acceptors (Lipinski definition) is 1. The van der Waals surface area contributed by atoms with Crippen LogP contribution < -0.4 is 5.32 Å². The summed E-state index contributed by atoms with van der Waals surface area (Å²) in [5, 5.41) is 3.24. The highest BCUT2D eigenvalue weighted by atomic mass is 19.1. The zero-order valence-electron chi connectivity index (χ0n) is 6.57. The van der Waals surface area contributed by atoms with Crippen molar-refractivity contribution in [1.29, 1.82) is 0 Å². The number of halogens is 1. The van der Waals surface area contributed by atoms with Crippen LogP contribution >= 0.6 is 0 Å². The molecule has 0 aromatic rings. The summed E-state index contributed by atoms with van der Waals surface area (Å²) in [5.41, 5.74) is 0. The van der Waals surface area contributed by atoms with Crippen LogP contribution in [-0.2, 0) is 0 Å². The Morgan fingerprint density at radius 2 is 2.50 bits per heavy atom. The molecule has 2 heteroatoms. The minimum Gasteiger partial charge on any atom is -0.316 e. The van der Waals surface area contributed by atoms with Gasteiger partial charge in [0.25, 0.3) is 0 Å². The lowest BCUT2D eigenvalue weighted by atomic mass is 10.0. The smallest absolute Gasteiger partial charge is 0.100 e. The Labute approximate surface area is 62.0 Å². The predicted molar refractivity (Wildman–Crippen MR) is 40.8 cm³/mol. The van der Waals surface area contributed by atoms with Crippen LogP contribution in [0.25, 0.3) is 0 Å². The molecule has 2 unspecified atom stereocenters. The lowest BCUT2D eigenvalue weighted by Gasteiger charge is -2.09. The molecule has 1 fully saturated rings. The predicted octanol–water partition coefficient (Wildman–Crippen LogP) is 1.73. The maximum absolute atomic E-state index is 12.8. The number of alkyl halides is 1. The van der Waals surface area contributed by atoms with Gasteiger partial charge < -0.3 is 5.32 Å². The third-order valence-corrected chi connectivity index (χ3v) is 2.19. The van der Waals surface area contributed by atoms with Crippen LogP contribution in [-0.4, -0.2) is 19.3 Å². The molecular formula is C8H16FN. The van der Waals surface area contributed by atoms with Crippen molar-refractivity contribution in [2.45, 2.75) is 32.4 Å². The summed E-state index contributed by atoms with van der Waals surface area (Å²) in [5.74, 6) is 0.606. The zero-order valence-corrected chi connectivity index (χ0v) is 6.57. The van der Waals surface area contributed by atoms with Crippen molar-refractivity contribution in [1.82, 2.24) is 5.32 Å². The summed E-state index contributed by atoms with van der Waals surface area (Å²) in [7, 11) is 0. The first-order chi connectivity index (χ1) is 4.83. The fourth-order valence-electron chi connectivity index (χ4n) is 1.44. The van der Waals surface area contributed by atoms with Gasteiger partial charge in [-0.25, -0.2) is 4.39 Å². The van der Waals surface area contributed by atoms with E-state index in [1.165, 1.54) is 6.42 Å². The molecule has 1 aliphatic heterocycles. The van der Waals surface area contributed by atoms with Gasteiger partial charge in [0, 0.05) is 0 Å². The van der Waals surface area contributed by atoms with Gasteiger partial charge in [0.1, 0.15) is 6.17 Å². The van der Waals surface area contributed by atoms with E-state index in [1.54, 1.807) is 0 Å². The molecule has 1 heterocycles. The first kappa shape index (κ1) is 7.99. The second kappa shape index (κ2) is 3.91. The third-order valence-electron chi connectivity index (χ3n) is 2.19. The van der Waals surface area contributed by atoms with Crippen molar-refractivity contribution < 1.29 is 4.39 Å². The molecule has 1 N–H and O–H groups in total. The fourth-order valence-corrected chi connectivity index (χ4v) is 1.44. The van der Waals surface area contributed by atoms with Crippen LogP contribution in [0.15, 0.2) is 0 Å². The van der Waals surface area contributed by atoms with Crippen LogP contribution in [0, 0.1) is 5.92 Å². The monoisotopic (exact) mass is 145 g/mol. The number of rotatable bonds is 3. The lowest BCUT2D eigenvalue weighted by molar-refractivity contribution is 0.267. The molecule has 0 amide bonds. The summed E-state index contributed by atoms with van der Waals surface area (Å²) in [6.45, 7) is 4.02. The van der Waals surface area contributed by atoms with Gasteiger partial charge in [-0.2, -0.15) is 0 Å². The molecule has 0 aromatic carbocycles. The molecule has 0 aliphatic carbocycles. The molecule has 0 radical (unpaired) electrons. The summed E-state index contributed by atoms with van der Waals surface area (Å²) in [4.78, 5) is 0. The van der Waals surface area contributed by atoms with Crippen LogP contribution in [0.5, 0.6) is 0 Å². The van der Waals surface area contributed by atoms with Gasteiger partial charge in [-0.05, 0) is 38.3 Å². The molecule has 0 bridgehead atoms. The summed E-state index contributed by atoms with van der Waals surface area (Å²) in [6, 6.07) is 0. The highest BCUT2D eigenvalue weighted by Crippen LogP contribution is 2.17. The second-order valence-corrected chi connectivity index (χ2v) is 3.10. The van der Waals surface area contributed by atoms with Gasteiger partial charge >= 0.3 is 0 Å². The van der Waals surface area contributed by atoms with Crippen molar-refractivity contribution in [2.24, 2.45) is 5.92 Å². The van der Waals surface area contributed by atoms with E-state index in [0.717, 1.165) is 19.5 Å². The van der Waals surface area contributed by atoms with Gasteiger partial charge in [0.05, 0.1) is 0 Å². The summed E-state index contributed by atoms with van der Waals surface area (Å²) < 4.78 is 12.8. The Bertz CT molecular complexity index is 89.3. The Hall–Kier alpha value is -0.110. The van der Waals surface area contributed by atoms with E-state index in [9.17, 15) is 4.39 Å². The molecule has 1 saturated heterocycles. The van der Waals surface area contributed by atoms with Crippen molar-refractivity contribution in [3.05, 3.63) is 0 Å². The maximum Gasteiger partial charge on any atom is 0.100 e. The molecule has 0 spiro atoms. The zero-order chi connectivity index (χ0) is 7.40. The van der Waals surface area contributed by atoms with E-state index in [-0.39, 0.29) is 0 Å². The number of nitrogens with one attached hydrogen (secondary N) is 1. The van der Waals surface area contributed by atoms with E-state index >= 15 is 0 Å². The Morgan fingerprint density at radius 1 is 1.70 bits per heavy atom. The average molecular weight is 145 g/mol. The SMILES string of the molecule is CCC(F)CC1CCNC1. The Morgan fingerprint density at radius 3 is 3.00 bits per heavy atom. The van der Waals surface area contributed by atoms with Crippen LogP contribution in [0.4, 0.5) is 4.39 Å². The quantitative estimate of drug-likeness (QED) is 0.637. The highest BCUT2D eigenvalue weighted by Gasteiger charge is 2.17. The van der Waals surface area contributed by atoms with E-state index in [1.807, 2.05) is 6.92 Å². The topological polar surface area (TPSA) is 12.0 Å². The van der Waals surface area contributed by atoms with E-state index in [4.69, 9.17) is 0 Å². The molecule has 0 saturated carbocycles. The molecule has 1 rings (SSSR count). The minimum absolute atomic E-state index is 0.565. The lowest BCUT2D eigenvalue weighted by Crippen LogP contribution is -2.12. The van der Waals surface area contributed by atoms with Gasteiger partial charge in [0.15, 0.2) is 0 Å². The van der Waals surface area contributed by atoms with Crippen LogP contribution in [0.3, 0.4) is 0 Å². The molecule has 0 aromatic heterocycles. The summed E-state index contributed by atoms with van der Waals surface area (Å²) >= 11 is 0. The minimum atomic E-state index is -0.565. The van der Waals surface area contributed by atoms with E-state index in [2.05, 4.69) is 5.32 Å². The van der Waals surface area contributed by atoms with Crippen molar-refractivity contribution in [3.8, 4) is 0 Å². The maximum atomic E-state index is 12.8. The standard InChI is InChI=1S/C8H16FN/c1-2-8(9)5-7-3-4-10-6-7/h7-8,10H,2-6H2,1H3. The summed E-state index contributed by atoms with van der Waals surface area (Å²) in [6.07, 6.45) is 2.05. The van der Waals surface area contributed by atoms with Crippen LogP contribution in [0.2, 0.25) is 0 Å². The van der Waals surface area contributed by atoms with E-state index in [0.29, 0.717) is 12.3 Å². The van der Waals surface area contributed by atoms with Gasteiger partial charge in [-0.15, -0.1) is 0 Å².